The SMILES string of the molecule is COc1cc([N+](=O)[O-])ccc1N1C(=O)[C@@H]2[C@H]3C=C[C@](C(OC(C)=O)OC(C)=O)(O3)[C@H]2C1=O. The molecule has 1 aromatic rings. The number of carbonyl (C=O) groups is 4. The first-order chi connectivity index (χ1) is 15.1. The Morgan fingerprint density at radius 2 is 1.84 bits per heavy atom. The van der Waals surface area contributed by atoms with E-state index in [1.807, 2.05) is 0 Å². The van der Waals surface area contributed by atoms with E-state index in [0.717, 1.165) is 30.9 Å². The lowest BCUT2D eigenvalue weighted by molar-refractivity contribution is -0.384. The maximum absolute atomic E-state index is 13.5. The first-order valence-corrected chi connectivity index (χ1v) is 9.52. The summed E-state index contributed by atoms with van der Waals surface area (Å²) >= 11 is 0. The fourth-order valence-electron chi connectivity index (χ4n) is 4.42. The Balaban J connectivity index is 1.76. The zero-order valence-corrected chi connectivity index (χ0v) is 17.2. The third-order valence-electron chi connectivity index (χ3n) is 5.61. The molecule has 2 fully saturated rings. The van der Waals surface area contributed by atoms with Crippen LogP contribution in [-0.4, -0.2) is 53.8 Å². The topological polar surface area (TPSA) is 152 Å². The summed E-state index contributed by atoms with van der Waals surface area (Å²) in [7, 11) is 1.25. The Morgan fingerprint density at radius 3 is 2.41 bits per heavy atom. The van der Waals surface area contributed by atoms with Crippen LogP contribution in [0, 0.1) is 22.0 Å². The number of anilines is 1. The van der Waals surface area contributed by atoms with Gasteiger partial charge in [0.25, 0.3) is 12.0 Å². The summed E-state index contributed by atoms with van der Waals surface area (Å²) in [4.78, 5) is 61.3. The lowest BCUT2D eigenvalue weighted by Gasteiger charge is -2.34. The molecule has 12 heteroatoms. The van der Waals surface area contributed by atoms with E-state index < -0.39 is 58.5 Å². The minimum Gasteiger partial charge on any atom is -0.494 e. The molecular formula is C20H18N2O10. The van der Waals surface area contributed by atoms with Crippen molar-refractivity contribution in [2.75, 3.05) is 12.0 Å². The number of ether oxygens (including phenoxy) is 4. The van der Waals surface area contributed by atoms with Gasteiger partial charge >= 0.3 is 11.9 Å². The van der Waals surface area contributed by atoms with Gasteiger partial charge in [0, 0.05) is 19.9 Å². The molecule has 12 nitrogen and oxygen atoms in total. The second kappa shape index (κ2) is 7.41. The molecule has 0 unspecified atom stereocenters. The van der Waals surface area contributed by atoms with Gasteiger partial charge in [-0.15, -0.1) is 0 Å². The second-order valence-corrected chi connectivity index (χ2v) is 7.47. The number of nitro benzene ring substituents is 1. The second-order valence-electron chi connectivity index (χ2n) is 7.47. The number of fused-ring (bicyclic) bond motifs is 5. The van der Waals surface area contributed by atoms with Gasteiger partial charge in [0.15, 0.2) is 5.60 Å². The van der Waals surface area contributed by atoms with Crippen LogP contribution in [0.25, 0.3) is 0 Å². The van der Waals surface area contributed by atoms with Crippen LogP contribution in [0.2, 0.25) is 0 Å². The van der Waals surface area contributed by atoms with Crippen molar-refractivity contribution < 1.29 is 43.0 Å². The van der Waals surface area contributed by atoms with E-state index in [9.17, 15) is 29.3 Å². The predicted octanol–water partition coefficient (Wildman–Crippen LogP) is 0.869. The third-order valence-corrected chi connectivity index (χ3v) is 5.61. The number of benzene rings is 1. The Labute approximate surface area is 180 Å². The molecule has 0 aromatic heterocycles. The molecule has 2 saturated heterocycles. The summed E-state index contributed by atoms with van der Waals surface area (Å²) in [5, 5.41) is 11.1. The minimum atomic E-state index is -1.69. The molecule has 4 rings (SSSR count). The first kappa shape index (κ1) is 21.4. The lowest BCUT2D eigenvalue weighted by Crippen LogP contribution is -2.52. The molecule has 0 saturated carbocycles. The van der Waals surface area contributed by atoms with Crippen molar-refractivity contribution in [1.29, 1.82) is 0 Å². The Morgan fingerprint density at radius 1 is 1.19 bits per heavy atom. The van der Waals surface area contributed by atoms with E-state index in [1.165, 1.54) is 19.3 Å². The first-order valence-electron chi connectivity index (χ1n) is 9.52. The molecule has 32 heavy (non-hydrogen) atoms. The Hall–Kier alpha value is -3.80. The van der Waals surface area contributed by atoms with Crippen molar-refractivity contribution in [1.82, 2.24) is 0 Å². The normalized spacial score (nSPS) is 27.6. The van der Waals surface area contributed by atoms with Crippen LogP contribution in [0.1, 0.15) is 13.8 Å². The van der Waals surface area contributed by atoms with Crippen molar-refractivity contribution in [3.8, 4) is 5.75 Å². The van der Waals surface area contributed by atoms with Gasteiger partial charge < -0.3 is 18.9 Å². The maximum Gasteiger partial charge on any atom is 0.305 e. The number of imide groups is 1. The molecule has 4 atom stereocenters. The summed E-state index contributed by atoms with van der Waals surface area (Å²) in [6.45, 7) is 2.21. The van der Waals surface area contributed by atoms with Crippen molar-refractivity contribution in [3.05, 3.63) is 40.5 Å². The van der Waals surface area contributed by atoms with Crippen molar-refractivity contribution in [2.24, 2.45) is 11.8 Å². The van der Waals surface area contributed by atoms with Gasteiger partial charge in [0.1, 0.15) is 5.75 Å². The molecule has 1 aromatic carbocycles. The fourth-order valence-corrected chi connectivity index (χ4v) is 4.42. The van der Waals surface area contributed by atoms with E-state index in [2.05, 4.69) is 0 Å². The van der Waals surface area contributed by atoms with Crippen LogP contribution in [0.15, 0.2) is 30.4 Å². The molecule has 2 bridgehead atoms. The van der Waals surface area contributed by atoms with Crippen LogP contribution in [0.3, 0.4) is 0 Å². The number of esters is 2. The average Bonchev–Trinajstić information content (AvgIpc) is 3.37. The maximum atomic E-state index is 13.5. The van der Waals surface area contributed by atoms with E-state index >= 15 is 0 Å². The van der Waals surface area contributed by atoms with E-state index in [0.29, 0.717) is 0 Å². The zero-order chi connectivity index (χ0) is 23.4. The van der Waals surface area contributed by atoms with Gasteiger partial charge in [-0.25, -0.2) is 4.90 Å². The lowest BCUT2D eigenvalue weighted by atomic mass is 9.76. The molecule has 0 N–H and O–H groups in total. The molecule has 3 heterocycles. The summed E-state index contributed by atoms with van der Waals surface area (Å²) in [6, 6.07) is 3.49. The smallest absolute Gasteiger partial charge is 0.305 e. The summed E-state index contributed by atoms with van der Waals surface area (Å²) in [6.07, 6.45) is 0.586. The average molecular weight is 446 g/mol. The molecule has 2 amide bonds. The standard InChI is InChI=1S/C20H18N2O10/c1-9(23)30-19(31-10(2)24)20-7-6-13(32-20)15-16(20)18(26)21(17(15)25)12-5-4-11(22(27)28)8-14(12)29-3/h4-8,13,15-16,19H,1-3H3/t13-,15-,16-,20+/m1/s1. The fraction of sp³-hybridized carbons (Fsp3) is 0.400. The van der Waals surface area contributed by atoms with E-state index in [1.54, 1.807) is 6.08 Å². The van der Waals surface area contributed by atoms with Gasteiger partial charge in [0.05, 0.1) is 41.7 Å². The number of nitro groups is 1. The van der Waals surface area contributed by atoms with Gasteiger partial charge in [-0.05, 0) is 12.1 Å². The number of hydrogen-bond donors (Lipinski definition) is 0. The van der Waals surface area contributed by atoms with Gasteiger partial charge in [0.2, 0.25) is 11.8 Å². The quantitative estimate of drug-likeness (QED) is 0.154. The van der Waals surface area contributed by atoms with Crippen molar-refractivity contribution in [3.63, 3.8) is 0 Å². The number of nitrogens with zero attached hydrogens (tertiary/aromatic N) is 2. The largest absolute Gasteiger partial charge is 0.494 e. The highest BCUT2D eigenvalue weighted by Gasteiger charge is 2.72. The number of amides is 2. The van der Waals surface area contributed by atoms with E-state index in [-0.39, 0.29) is 17.1 Å². The van der Waals surface area contributed by atoms with Gasteiger partial charge in [-0.2, -0.15) is 0 Å². The molecule has 3 aliphatic rings. The van der Waals surface area contributed by atoms with Crippen LogP contribution in [0.4, 0.5) is 11.4 Å². The van der Waals surface area contributed by atoms with Gasteiger partial charge in [-0.3, -0.25) is 29.3 Å². The van der Waals surface area contributed by atoms with Crippen molar-refractivity contribution >= 4 is 35.1 Å². The summed E-state index contributed by atoms with van der Waals surface area (Å²) < 4.78 is 21.3. The summed E-state index contributed by atoms with van der Waals surface area (Å²) in [5.74, 6) is -5.06. The molecule has 0 aliphatic carbocycles. The van der Waals surface area contributed by atoms with E-state index in [4.69, 9.17) is 18.9 Å². The number of carbonyl (C=O) groups excluding carboxylic acids is 4. The number of methoxy groups -OCH3 is 1. The van der Waals surface area contributed by atoms with Crippen LogP contribution >= 0.6 is 0 Å². The molecular weight excluding hydrogens is 428 g/mol. The predicted molar refractivity (Wildman–Crippen MR) is 103 cm³/mol. The highest BCUT2D eigenvalue weighted by atomic mass is 16.7. The third kappa shape index (κ3) is 3.02. The Kier molecular flexibility index (Phi) is 4.96. The van der Waals surface area contributed by atoms with Crippen LogP contribution < -0.4 is 9.64 Å². The number of rotatable bonds is 6. The van der Waals surface area contributed by atoms with Crippen LogP contribution in [-0.2, 0) is 33.4 Å². The summed E-state index contributed by atoms with van der Waals surface area (Å²) in [5.41, 5.74) is -1.95. The zero-order valence-electron chi connectivity index (χ0n) is 17.2. The molecule has 168 valence electrons. The van der Waals surface area contributed by atoms with Crippen molar-refractivity contribution in [2.45, 2.75) is 31.8 Å². The molecule has 0 radical (unpaired) electrons. The Bertz CT molecular complexity index is 1070. The van der Waals surface area contributed by atoms with Gasteiger partial charge in [-0.1, -0.05) is 6.08 Å². The molecule has 3 aliphatic heterocycles. The number of non-ortho nitro benzene ring substituents is 1. The number of hydrogen-bond acceptors (Lipinski definition) is 10. The minimum absolute atomic E-state index is 0.0218. The van der Waals surface area contributed by atoms with Crippen LogP contribution in [0.5, 0.6) is 5.75 Å². The molecule has 0 spiro atoms. The highest BCUT2D eigenvalue weighted by molar-refractivity contribution is 6.24. The monoisotopic (exact) mass is 446 g/mol. The highest BCUT2D eigenvalue weighted by Crippen LogP contribution is 2.55.